The lowest BCUT2D eigenvalue weighted by Gasteiger charge is -2.07. The number of carbonyl (C=O) groups excluding carboxylic acids is 1. The second-order valence-electron chi connectivity index (χ2n) is 3.68. The van der Waals surface area contributed by atoms with E-state index in [4.69, 9.17) is 16.8 Å². The lowest BCUT2D eigenvalue weighted by Crippen LogP contribution is -2.26. The molecule has 1 fully saturated rings. The van der Waals surface area contributed by atoms with Crippen LogP contribution in [-0.4, -0.2) is 22.3 Å². The van der Waals surface area contributed by atoms with Crippen LogP contribution in [0, 0.1) is 0 Å². The zero-order valence-corrected chi connectivity index (χ0v) is 9.24. The molecule has 1 aliphatic carbocycles. The predicted octanol–water partition coefficient (Wildman–Crippen LogP) is 1.95. The Hall–Kier alpha value is -1.55. The molecular formula is C11H11ClN2O2. The van der Waals surface area contributed by atoms with Crippen LogP contribution in [0.2, 0.25) is 0 Å². The van der Waals surface area contributed by atoms with Gasteiger partial charge in [0.15, 0.2) is 5.17 Å². The van der Waals surface area contributed by atoms with Crippen LogP contribution in [0.15, 0.2) is 29.4 Å². The highest BCUT2D eigenvalue weighted by Crippen LogP contribution is 2.20. The average molecular weight is 239 g/mol. The summed E-state index contributed by atoms with van der Waals surface area (Å²) >= 11 is 5.71. The number of benzene rings is 1. The van der Waals surface area contributed by atoms with Gasteiger partial charge < -0.3 is 10.5 Å². The molecule has 2 N–H and O–H groups in total. The quantitative estimate of drug-likeness (QED) is 0.480. The van der Waals surface area contributed by atoms with Crippen LogP contribution in [0.3, 0.4) is 0 Å². The van der Waals surface area contributed by atoms with Crippen molar-refractivity contribution < 1.29 is 10.0 Å². The molecule has 1 saturated carbocycles. The number of halogens is 1. The second kappa shape index (κ2) is 4.53. The molecular weight excluding hydrogens is 228 g/mol. The lowest BCUT2D eigenvalue weighted by atomic mass is 10.1. The molecule has 0 heterocycles. The molecule has 4 nitrogen and oxygen atoms in total. The number of hydrogen-bond acceptors (Lipinski definition) is 3. The fraction of sp³-hybridized carbons (Fsp3) is 0.273. The number of nitrogens with one attached hydrogen (secondary N) is 1. The maximum Gasteiger partial charge on any atom is 0.252 e. The summed E-state index contributed by atoms with van der Waals surface area (Å²) in [5, 5.41) is 14.3. The van der Waals surface area contributed by atoms with Crippen molar-refractivity contribution in [3.63, 3.8) is 0 Å². The Kier molecular flexibility index (Phi) is 3.10. The number of nitrogens with zero attached hydrogens (tertiary/aromatic N) is 1. The number of carbonyl (C=O) groups is 1. The van der Waals surface area contributed by atoms with E-state index in [0.29, 0.717) is 11.1 Å². The summed E-state index contributed by atoms with van der Waals surface area (Å²) in [5.74, 6) is -0.181. The van der Waals surface area contributed by atoms with E-state index in [-0.39, 0.29) is 17.1 Å². The van der Waals surface area contributed by atoms with Gasteiger partial charge in [-0.2, -0.15) is 0 Å². The van der Waals surface area contributed by atoms with E-state index in [9.17, 15) is 4.79 Å². The highest BCUT2D eigenvalue weighted by atomic mass is 35.5. The van der Waals surface area contributed by atoms with Gasteiger partial charge in [-0.05, 0) is 18.9 Å². The van der Waals surface area contributed by atoms with Gasteiger partial charge in [0.1, 0.15) is 0 Å². The van der Waals surface area contributed by atoms with Gasteiger partial charge in [-0.25, -0.2) is 0 Å². The van der Waals surface area contributed by atoms with Crippen LogP contribution in [0.1, 0.15) is 28.8 Å². The van der Waals surface area contributed by atoms with E-state index >= 15 is 0 Å². The van der Waals surface area contributed by atoms with E-state index in [1.165, 1.54) is 0 Å². The van der Waals surface area contributed by atoms with Crippen LogP contribution in [-0.2, 0) is 0 Å². The lowest BCUT2D eigenvalue weighted by molar-refractivity contribution is 0.0951. The minimum absolute atomic E-state index is 0.0819. The Morgan fingerprint density at radius 2 is 2.00 bits per heavy atom. The maximum atomic E-state index is 11.8. The minimum Gasteiger partial charge on any atom is -0.410 e. The molecule has 1 amide bonds. The van der Waals surface area contributed by atoms with E-state index in [1.807, 2.05) is 0 Å². The molecule has 0 atom stereocenters. The molecule has 0 unspecified atom stereocenters. The largest absolute Gasteiger partial charge is 0.410 e. The Morgan fingerprint density at radius 3 is 2.56 bits per heavy atom. The van der Waals surface area contributed by atoms with Gasteiger partial charge >= 0.3 is 0 Å². The second-order valence-corrected chi connectivity index (χ2v) is 4.04. The summed E-state index contributed by atoms with van der Waals surface area (Å²) in [6.07, 6.45) is 2.05. The molecule has 0 radical (unpaired) electrons. The zero-order valence-electron chi connectivity index (χ0n) is 8.48. The Labute approximate surface area is 97.9 Å². The highest BCUT2D eigenvalue weighted by Gasteiger charge is 2.25. The Bertz CT molecular complexity index is 441. The molecule has 5 heteroatoms. The van der Waals surface area contributed by atoms with Crippen molar-refractivity contribution in [1.82, 2.24) is 5.32 Å². The summed E-state index contributed by atoms with van der Waals surface area (Å²) < 4.78 is 0. The summed E-state index contributed by atoms with van der Waals surface area (Å²) in [4.78, 5) is 11.8. The predicted molar refractivity (Wildman–Crippen MR) is 61.1 cm³/mol. The van der Waals surface area contributed by atoms with Gasteiger partial charge in [-0.1, -0.05) is 35.0 Å². The van der Waals surface area contributed by atoms with Crippen LogP contribution in [0.25, 0.3) is 0 Å². The molecule has 1 aromatic rings. The molecule has 1 aliphatic rings. The first-order valence-electron chi connectivity index (χ1n) is 5.00. The summed E-state index contributed by atoms with van der Waals surface area (Å²) in [7, 11) is 0. The molecule has 0 aromatic heterocycles. The van der Waals surface area contributed by atoms with Crippen molar-refractivity contribution >= 4 is 22.7 Å². The maximum absolute atomic E-state index is 11.8. The monoisotopic (exact) mass is 238 g/mol. The molecule has 0 spiro atoms. The van der Waals surface area contributed by atoms with Gasteiger partial charge in [0.2, 0.25) is 0 Å². The van der Waals surface area contributed by atoms with E-state index in [2.05, 4.69) is 10.5 Å². The third-order valence-electron chi connectivity index (χ3n) is 2.39. The standard InChI is InChI=1S/C11H11ClN2O2/c12-10(14-16)8-3-1-2-4-9(8)11(15)13-7-5-6-7/h1-4,7,16H,5-6H2,(H,13,15)/b14-10-. The zero-order chi connectivity index (χ0) is 11.5. The normalized spacial score (nSPS) is 15.9. The first kappa shape index (κ1) is 11.0. The first-order chi connectivity index (χ1) is 7.72. The Balaban J connectivity index is 2.27. The summed E-state index contributed by atoms with van der Waals surface area (Å²) in [5.41, 5.74) is 0.863. The van der Waals surface area contributed by atoms with E-state index < -0.39 is 0 Å². The highest BCUT2D eigenvalue weighted by molar-refractivity contribution is 6.69. The van der Waals surface area contributed by atoms with Gasteiger partial charge in [0.05, 0.1) is 0 Å². The van der Waals surface area contributed by atoms with Crippen molar-refractivity contribution in [2.24, 2.45) is 5.16 Å². The van der Waals surface area contributed by atoms with Gasteiger partial charge in [0, 0.05) is 17.2 Å². The SMILES string of the molecule is O=C(NC1CC1)c1ccccc1/C(Cl)=N/O. The van der Waals surface area contributed by atoms with E-state index in [0.717, 1.165) is 12.8 Å². The first-order valence-corrected chi connectivity index (χ1v) is 5.38. The molecule has 0 bridgehead atoms. The molecule has 2 rings (SSSR count). The van der Waals surface area contributed by atoms with Crippen molar-refractivity contribution in [2.75, 3.05) is 0 Å². The van der Waals surface area contributed by atoms with Crippen LogP contribution >= 0.6 is 11.6 Å². The fourth-order valence-corrected chi connectivity index (χ4v) is 1.57. The third-order valence-corrected chi connectivity index (χ3v) is 2.67. The van der Waals surface area contributed by atoms with Crippen molar-refractivity contribution in [2.45, 2.75) is 18.9 Å². The molecule has 1 aromatic carbocycles. The number of hydrogen-bond donors (Lipinski definition) is 2. The van der Waals surface area contributed by atoms with Crippen molar-refractivity contribution in [3.05, 3.63) is 35.4 Å². The van der Waals surface area contributed by atoms with E-state index in [1.54, 1.807) is 24.3 Å². The Morgan fingerprint density at radius 1 is 1.38 bits per heavy atom. The van der Waals surface area contributed by atoms with Gasteiger partial charge in [-0.15, -0.1) is 0 Å². The number of rotatable bonds is 3. The minimum atomic E-state index is -0.181. The van der Waals surface area contributed by atoms with Gasteiger partial charge in [-0.3, -0.25) is 4.79 Å². The van der Waals surface area contributed by atoms with Crippen molar-refractivity contribution in [3.8, 4) is 0 Å². The fourth-order valence-electron chi connectivity index (χ4n) is 1.41. The van der Waals surface area contributed by atoms with Gasteiger partial charge in [0.25, 0.3) is 5.91 Å². The van der Waals surface area contributed by atoms with Crippen LogP contribution < -0.4 is 5.32 Å². The average Bonchev–Trinajstić information content (AvgIpc) is 3.12. The molecule has 16 heavy (non-hydrogen) atoms. The molecule has 84 valence electrons. The number of amides is 1. The van der Waals surface area contributed by atoms with Crippen LogP contribution in [0.4, 0.5) is 0 Å². The summed E-state index contributed by atoms with van der Waals surface area (Å²) in [6.45, 7) is 0. The smallest absolute Gasteiger partial charge is 0.252 e. The number of oxime groups is 1. The molecule has 0 saturated heterocycles. The topological polar surface area (TPSA) is 61.7 Å². The van der Waals surface area contributed by atoms with Crippen LogP contribution in [0.5, 0.6) is 0 Å². The van der Waals surface area contributed by atoms with Crippen molar-refractivity contribution in [1.29, 1.82) is 0 Å². The molecule has 0 aliphatic heterocycles. The third kappa shape index (κ3) is 2.33. The summed E-state index contributed by atoms with van der Waals surface area (Å²) in [6, 6.07) is 7.05.